The fourth-order valence-corrected chi connectivity index (χ4v) is 2.69. The van der Waals surface area contributed by atoms with Gasteiger partial charge in [-0.15, -0.1) is 0 Å². The summed E-state index contributed by atoms with van der Waals surface area (Å²) >= 11 is 6.12. The molecule has 3 aromatic rings. The Kier molecular flexibility index (Phi) is 5.96. The van der Waals surface area contributed by atoms with Crippen molar-refractivity contribution in [2.45, 2.75) is 6.92 Å². The van der Waals surface area contributed by atoms with Crippen molar-refractivity contribution in [1.82, 2.24) is 9.97 Å². The number of carbonyl (C=O) groups is 1. The average molecular weight is 399 g/mol. The van der Waals surface area contributed by atoms with Gasteiger partial charge in [-0.3, -0.25) is 4.79 Å². The quantitative estimate of drug-likeness (QED) is 0.638. The lowest BCUT2D eigenvalue weighted by atomic mass is 10.2. The van der Waals surface area contributed by atoms with Crippen LogP contribution in [0.5, 0.6) is 11.5 Å². The molecule has 1 amide bonds. The minimum absolute atomic E-state index is 0.220. The van der Waals surface area contributed by atoms with E-state index in [1.165, 1.54) is 26.5 Å². The van der Waals surface area contributed by atoms with Crippen LogP contribution in [-0.4, -0.2) is 30.1 Å². The number of aromatic nitrogens is 2. The number of ether oxygens (including phenoxy) is 2. The maximum absolute atomic E-state index is 12.5. The Morgan fingerprint density at radius 3 is 2.43 bits per heavy atom. The Morgan fingerprint density at radius 2 is 1.75 bits per heavy atom. The summed E-state index contributed by atoms with van der Waals surface area (Å²) in [6.45, 7) is 1.98. The second-order valence-electron chi connectivity index (χ2n) is 5.90. The van der Waals surface area contributed by atoms with E-state index in [1.807, 2.05) is 31.2 Å². The van der Waals surface area contributed by atoms with E-state index in [9.17, 15) is 4.79 Å². The van der Waals surface area contributed by atoms with E-state index in [-0.39, 0.29) is 17.5 Å². The van der Waals surface area contributed by atoms with Crippen LogP contribution in [0.4, 0.5) is 17.3 Å². The summed E-state index contributed by atoms with van der Waals surface area (Å²) in [6, 6.07) is 12.3. The molecule has 0 spiro atoms. The van der Waals surface area contributed by atoms with Gasteiger partial charge >= 0.3 is 0 Å². The van der Waals surface area contributed by atoms with Crippen LogP contribution in [0, 0.1) is 6.92 Å². The monoisotopic (exact) mass is 398 g/mol. The number of benzene rings is 2. The maximum atomic E-state index is 12.5. The van der Waals surface area contributed by atoms with Crippen molar-refractivity contribution in [1.29, 1.82) is 0 Å². The molecule has 0 aliphatic carbocycles. The number of rotatable bonds is 6. The molecule has 0 fully saturated rings. The number of amides is 1. The molecule has 144 valence electrons. The predicted molar refractivity (Wildman–Crippen MR) is 109 cm³/mol. The summed E-state index contributed by atoms with van der Waals surface area (Å²) in [7, 11) is 3.04. The van der Waals surface area contributed by atoms with Crippen LogP contribution in [0.3, 0.4) is 0 Å². The van der Waals surface area contributed by atoms with E-state index in [0.717, 1.165) is 5.56 Å². The number of nitrogens with one attached hydrogen (secondary N) is 2. The van der Waals surface area contributed by atoms with E-state index in [2.05, 4.69) is 20.6 Å². The van der Waals surface area contributed by atoms with E-state index in [4.69, 9.17) is 21.1 Å². The van der Waals surface area contributed by atoms with E-state index < -0.39 is 0 Å². The molecular formula is C20H19ClN4O3. The number of hydrogen-bond acceptors (Lipinski definition) is 6. The van der Waals surface area contributed by atoms with Crippen LogP contribution in [0.25, 0.3) is 0 Å². The molecule has 2 N–H and O–H groups in total. The Balaban J connectivity index is 1.81. The highest BCUT2D eigenvalue weighted by atomic mass is 35.5. The van der Waals surface area contributed by atoms with E-state index in [1.54, 1.807) is 12.1 Å². The first kappa shape index (κ1) is 19.4. The van der Waals surface area contributed by atoms with Crippen LogP contribution >= 0.6 is 11.6 Å². The average Bonchev–Trinajstić information content (AvgIpc) is 2.71. The number of nitrogens with zero attached hydrogens (tertiary/aromatic N) is 2. The summed E-state index contributed by atoms with van der Waals surface area (Å²) < 4.78 is 10.6. The lowest BCUT2D eigenvalue weighted by Crippen LogP contribution is -2.14. The number of aryl methyl sites for hydroxylation is 1. The van der Waals surface area contributed by atoms with Crippen LogP contribution in [0.2, 0.25) is 5.02 Å². The molecule has 0 aliphatic rings. The predicted octanol–water partition coefficient (Wildman–Crippen LogP) is 4.45. The van der Waals surface area contributed by atoms with Crippen LogP contribution in [-0.2, 0) is 0 Å². The molecule has 1 heterocycles. The summed E-state index contributed by atoms with van der Waals surface area (Å²) in [4.78, 5) is 20.9. The molecule has 7 nitrogen and oxygen atoms in total. The first-order chi connectivity index (χ1) is 13.5. The molecule has 0 radical (unpaired) electrons. The zero-order valence-electron chi connectivity index (χ0n) is 15.6. The van der Waals surface area contributed by atoms with Crippen molar-refractivity contribution in [3.8, 4) is 11.5 Å². The third-order valence-electron chi connectivity index (χ3n) is 3.92. The maximum Gasteiger partial charge on any atom is 0.274 e. The van der Waals surface area contributed by atoms with E-state index in [0.29, 0.717) is 27.9 Å². The largest absolute Gasteiger partial charge is 0.495 e. The van der Waals surface area contributed by atoms with Gasteiger partial charge < -0.3 is 20.1 Å². The van der Waals surface area contributed by atoms with Gasteiger partial charge in [-0.05, 0) is 25.1 Å². The van der Waals surface area contributed by atoms with Gasteiger partial charge in [-0.25, -0.2) is 9.97 Å². The van der Waals surface area contributed by atoms with Gasteiger partial charge in [0.1, 0.15) is 17.2 Å². The number of methoxy groups -OCH3 is 2. The topological polar surface area (TPSA) is 85.4 Å². The molecule has 0 bridgehead atoms. The summed E-state index contributed by atoms with van der Waals surface area (Å²) in [6.07, 6.45) is 1.50. The van der Waals surface area contributed by atoms with Gasteiger partial charge in [-0.1, -0.05) is 29.3 Å². The molecule has 0 aliphatic heterocycles. The standard InChI is InChI=1S/C20H19ClN4O3/c1-12-4-6-13(7-5-12)23-19(26)15-8-9-22-20(24-15)25-16-11-17(27-2)14(21)10-18(16)28-3/h4-11H,1-3H3,(H,23,26)(H,22,24,25). The molecule has 1 aromatic heterocycles. The Bertz CT molecular complexity index is 993. The highest BCUT2D eigenvalue weighted by molar-refractivity contribution is 6.32. The fourth-order valence-electron chi connectivity index (χ4n) is 2.46. The van der Waals surface area contributed by atoms with Crippen molar-refractivity contribution in [2.24, 2.45) is 0 Å². The minimum Gasteiger partial charge on any atom is -0.495 e. The SMILES string of the molecule is COc1cc(Nc2nccc(C(=O)Nc3ccc(C)cc3)n2)c(OC)cc1Cl. The molecule has 0 atom stereocenters. The van der Waals surface area contributed by atoms with Crippen LogP contribution < -0.4 is 20.1 Å². The van der Waals surface area contributed by atoms with Crippen molar-refractivity contribution in [2.75, 3.05) is 24.9 Å². The number of carbonyl (C=O) groups excluding carboxylic acids is 1. The molecular weight excluding hydrogens is 380 g/mol. The zero-order valence-corrected chi connectivity index (χ0v) is 16.4. The third-order valence-corrected chi connectivity index (χ3v) is 4.21. The fraction of sp³-hybridized carbons (Fsp3) is 0.150. The Labute approximate surface area is 167 Å². The molecule has 0 unspecified atom stereocenters. The number of halogens is 1. The highest BCUT2D eigenvalue weighted by Gasteiger charge is 2.13. The van der Waals surface area contributed by atoms with Gasteiger partial charge in [0.05, 0.1) is 24.9 Å². The van der Waals surface area contributed by atoms with E-state index >= 15 is 0 Å². The van der Waals surface area contributed by atoms with Gasteiger partial charge in [-0.2, -0.15) is 0 Å². The third kappa shape index (κ3) is 4.50. The lowest BCUT2D eigenvalue weighted by molar-refractivity contribution is 0.102. The molecule has 2 aromatic carbocycles. The zero-order chi connectivity index (χ0) is 20.1. The van der Waals surface area contributed by atoms with Crippen molar-refractivity contribution >= 4 is 34.8 Å². The summed E-state index contributed by atoms with van der Waals surface area (Å²) in [5.41, 5.74) is 2.57. The van der Waals surface area contributed by atoms with Crippen molar-refractivity contribution in [3.63, 3.8) is 0 Å². The van der Waals surface area contributed by atoms with Crippen LogP contribution in [0.1, 0.15) is 16.1 Å². The van der Waals surface area contributed by atoms with Gasteiger partial charge in [0.25, 0.3) is 5.91 Å². The number of hydrogen-bond donors (Lipinski definition) is 2. The molecule has 0 saturated carbocycles. The number of anilines is 3. The van der Waals surface area contributed by atoms with Gasteiger partial charge in [0.15, 0.2) is 0 Å². The Hall–Kier alpha value is -3.32. The smallest absolute Gasteiger partial charge is 0.274 e. The minimum atomic E-state index is -0.338. The lowest BCUT2D eigenvalue weighted by Gasteiger charge is -2.13. The molecule has 0 saturated heterocycles. The van der Waals surface area contributed by atoms with Crippen molar-refractivity contribution in [3.05, 3.63) is 64.9 Å². The molecule has 28 heavy (non-hydrogen) atoms. The highest BCUT2D eigenvalue weighted by Crippen LogP contribution is 2.36. The normalized spacial score (nSPS) is 10.3. The second kappa shape index (κ2) is 8.58. The summed E-state index contributed by atoms with van der Waals surface area (Å²) in [5.74, 6) is 0.858. The second-order valence-corrected chi connectivity index (χ2v) is 6.30. The first-order valence-electron chi connectivity index (χ1n) is 8.39. The van der Waals surface area contributed by atoms with Crippen LogP contribution in [0.15, 0.2) is 48.7 Å². The molecule has 3 rings (SSSR count). The van der Waals surface area contributed by atoms with Crippen molar-refractivity contribution < 1.29 is 14.3 Å². The first-order valence-corrected chi connectivity index (χ1v) is 8.77. The van der Waals surface area contributed by atoms with Gasteiger partial charge in [0, 0.05) is 24.0 Å². The molecule has 8 heteroatoms. The summed E-state index contributed by atoms with van der Waals surface area (Å²) in [5, 5.41) is 6.25. The Morgan fingerprint density at radius 1 is 1.04 bits per heavy atom. The van der Waals surface area contributed by atoms with Gasteiger partial charge in [0.2, 0.25) is 5.95 Å².